The second-order valence-electron chi connectivity index (χ2n) is 7.70. The number of fused-ring (bicyclic) bond motifs is 1. The van der Waals surface area contributed by atoms with Crippen molar-refractivity contribution in [2.75, 3.05) is 6.54 Å². The van der Waals surface area contributed by atoms with E-state index >= 15 is 0 Å². The fourth-order valence-corrected chi connectivity index (χ4v) is 4.24. The minimum absolute atomic E-state index is 0.0362. The van der Waals surface area contributed by atoms with Crippen LogP contribution in [0.5, 0.6) is 5.75 Å². The molecule has 0 spiro atoms. The molecule has 0 saturated carbocycles. The van der Waals surface area contributed by atoms with Gasteiger partial charge >= 0.3 is 6.18 Å². The summed E-state index contributed by atoms with van der Waals surface area (Å²) in [6.45, 7) is 0.357. The zero-order valence-corrected chi connectivity index (χ0v) is 19.6. The van der Waals surface area contributed by atoms with Gasteiger partial charge in [-0.2, -0.15) is 18.2 Å². The number of aromatic nitrogens is 4. The molecule has 1 amide bonds. The molecule has 0 bridgehead atoms. The second kappa shape index (κ2) is 8.89. The van der Waals surface area contributed by atoms with Crippen molar-refractivity contribution in [3.8, 4) is 28.7 Å². The van der Waals surface area contributed by atoms with E-state index < -0.39 is 11.7 Å². The predicted octanol–water partition coefficient (Wildman–Crippen LogP) is 5.69. The van der Waals surface area contributed by atoms with Crippen LogP contribution in [0, 0.1) is 0 Å². The predicted molar refractivity (Wildman–Crippen MR) is 121 cm³/mol. The average molecular weight is 547 g/mol. The highest BCUT2D eigenvalue weighted by molar-refractivity contribution is 6.36. The highest BCUT2D eigenvalue weighted by atomic mass is 35.5. The number of imidazole rings is 1. The quantitative estimate of drug-likeness (QED) is 0.354. The molecule has 1 aliphatic rings. The van der Waals surface area contributed by atoms with Crippen molar-refractivity contribution in [1.29, 1.82) is 0 Å². The molecular formula is C21H13Cl3F3N5O3. The van der Waals surface area contributed by atoms with Gasteiger partial charge in [-0.25, -0.2) is 4.98 Å². The molecule has 0 unspecified atom stereocenters. The first-order valence-electron chi connectivity index (χ1n) is 10.1. The molecule has 3 aromatic heterocycles. The van der Waals surface area contributed by atoms with Crippen LogP contribution in [-0.2, 0) is 11.0 Å². The molecule has 1 N–H and O–H groups in total. The molecule has 1 saturated heterocycles. The van der Waals surface area contributed by atoms with E-state index in [1.807, 2.05) is 0 Å². The van der Waals surface area contributed by atoms with Crippen LogP contribution in [0.4, 0.5) is 13.2 Å². The van der Waals surface area contributed by atoms with E-state index in [0.717, 1.165) is 16.7 Å². The third kappa shape index (κ3) is 4.75. The van der Waals surface area contributed by atoms with E-state index in [1.165, 1.54) is 18.3 Å². The fourth-order valence-electron chi connectivity index (χ4n) is 3.53. The number of carbonyl (C=O) groups excluding carboxylic acids is 1. The minimum atomic E-state index is -4.57. The van der Waals surface area contributed by atoms with E-state index in [9.17, 15) is 18.0 Å². The summed E-state index contributed by atoms with van der Waals surface area (Å²) in [6, 6.07) is 3.81. The highest BCUT2D eigenvalue weighted by Crippen LogP contribution is 2.38. The van der Waals surface area contributed by atoms with Gasteiger partial charge in [0, 0.05) is 30.4 Å². The molecule has 1 aromatic carbocycles. The Bertz CT molecular complexity index is 1440. The van der Waals surface area contributed by atoms with Gasteiger partial charge in [0.25, 0.3) is 5.89 Å². The molecule has 1 aliphatic heterocycles. The molecule has 1 atom stereocenters. The van der Waals surface area contributed by atoms with Crippen LogP contribution in [0.2, 0.25) is 15.1 Å². The van der Waals surface area contributed by atoms with E-state index in [1.54, 1.807) is 0 Å². The summed E-state index contributed by atoms with van der Waals surface area (Å²) in [4.78, 5) is 19.8. The van der Waals surface area contributed by atoms with Crippen molar-refractivity contribution in [1.82, 2.24) is 24.8 Å². The number of piperidine rings is 1. The van der Waals surface area contributed by atoms with Crippen LogP contribution in [0.25, 0.3) is 28.6 Å². The second-order valence-corrected chi connectivity index (χ2v) is 8.92. The van der Waals surface area contributed by atoms with Crippen LogP contribution in [0.15, 0.2) is 35.1 Å². The molecule has 4 aromatic rings. The third-order valence-corrected chi connectivity index (χ3v) is 6.14. The molecule has 35 heavy (non-hydrogen) atoms. The third-order valence-electron chi connectivity index (χ3n) is 5.26. The molecule has 0 radical (unpaired) electrons. The van der Waals surface area contributed by atoms with Crippen molar-refractivity contribution < 1.29 is 27.2 Å². The molecule has 14 heteroatoms. The number of ether oxygens (including phenoxy) is 1. The Morgan fingerprint density at radius 1 is 1.09 bits per heavy atom. The Morgan fingerprint density at radius 2 is 1.89 bits per heavy atom. The average Bonchev–Trinajstić information content (AvgIpc) is 3.44. The zero-order chi connectivity index (χ0) is 24.9. The van der Waals surface area contributed by atoms with Crippen LogP contribution < -0.4 is 10.1 Å². The van der Waals surface area contributed by atoms with Crippen molar-refractivity contribution in [2.45, 2.75) is 25.1 Å². The number of hydrogen-bond donors (Lipinski definition) is 1. The SMILES string of the molecule is O=C1CC[C@@H](Oc2cc(Cl)c(-c3noc(-c4cn5cc(C(F)(F)F)cc(Cl)c5n4)n3)cc2Cl)CN1. The normalized spacial score (nSPS) is 16.5. The Kier molecular flexibility index (Phi) is 6.02. The summed E-state index contributed by atoms with van der Waals surface area (Å²) < 4.78 is 51.5. The van der Waals surface area contributed by atoms with E-state index in [-0.39, 0.29) is 50.1 Å². The summed E-state index contributed by atoms with van der Waals surface area (Å²) in [5.41, 5.74) is -0.371. The number of nitrogens with zero attached hydrogens (tertiary/aromatic N) is 4. The smallest absolute Gasteiger partial charge is 0.417 e. The Morgan fingerprint density at radius 3 is 2.60 bits per heavy atom. The standard InChI is InChI=1S/C21H13Cl3F3N5O3/c22-12-5-16(34-10-1-2-17(33)28-6-10)13(23)4-11(12)18-30-20(35-31-18)15-8-32-7-9(21(25,26)27)3-14(24)19(32)29-15/h3-5,7-8,10H,1-2,6H2,(H,28,33)/t10-/m1/s1. The number of alkyl halides is 3. The number of pyridine rings is 1. The van der Waals surface area contributed by atoms with Gasteiger partial charge in [0.2, 0.25) is 11.7 Å². The van der Waals surface area contributed by atoms with E-state index in [2.05, 4.69) is 20.4 Å². The fraction of sp³-hybridized carbons (Fsp3) is 0.238. The molecule has 5 rings (SSSR count). The highest BCUT2D eigenvalue weighted by Gasteiger charge is 2.32. The number of amides is 1. The number of carbonyl (C=O) groups is 1. The first kappa shape index (κ1) is 23.7. The Balaban J connectivity index is 1.42. The summed E-state index contributed by atoms with van der Waals surface area (Å²) >= 11 is 18.8. The van der Waals surface area contributed by atoms with Gasteiger partial charge in [-0.15, -0.1) is 0 Å². The maximum absolute atomic E-state index is 13.1. The lowest BCUT2D eigenvalue weighted by atomic mass is 10.1. The molecular weight excluding hydrogens is 534 g/mol. The molecule has 0 aliphatic carbocycles. The van der Waals surface area contributed by atoms with Gasteiger partial charge in [0.1, 0.15) is 17.5 Å². The number of halogens is 6. The summed E-state index contributed by atoms with van der Waals surface area (Å²) in [5.74, 6) is 0.327. The summed E-state index contributed by atoms with van der Waals surface area (Å²) in [5, 5.41) is 6.89. The Hall–Kier alpha value is -3.02. The largest absolute Gasteiger partial charge is 0.487 e. The first-order chi connectivity index (χ1) is 16.6. The van der Waals surface area contributed by atoms with Crippen LogP contribution in [-0.4, -0.2) is 38.1 Å². The lowest BCUT2D eigenvalue weighted by molar-refractivity contribution is -0.137. The molecule has 182 valence electrons. The molecule has 4 heterocycles. The van der Waals surface area contributed by atoms with Crippen LogP contribution in [0.1, 0.15) is 18.4 Å². The van der Waals surface area contributed by atoms with E-state index in [4.69, 9.17) is 44.1 Å². The maximum atomic E-state index is 13.1. The van der Waals surface area contributed by atoms with Gasteiger partial charge in [-0.3, -0.25) is 4.79 Å². The lowest BCUT2D eigenvalue weighted by Gasteiger charge is -2.24. The maximum Gasteiger partial charge on any atom is 0.417 e. The zero-order valence-electron chi connectivity index (χ0n) is 17.4. The summed E-state index contributed by atoms with van der Waals surface area (Å²) in [6.07, 6.45) is -1.76. The van der Waals surface area contributed by atoms with E-state index in [0.29, 0.717) is 30.7 Å². The Labute approximate surface area is 209 Å². The van der Waals surface area contributed by atoms with Crippen molar-refractivity contribution in [3.05, 3.63) is 51.2 Å². The minimum Gasteiger partial charge on any atom is -0.487 e. The first-order valence-corrected chi connectivity index (χ1v) is 11.2. The van der Waals surface area contributed by atoms with Crippen molar-refractivity contribution in [2.24, 2.45) is 0 Å². The number of benzene rings is 1. The van der Waals surface area contributed by atoms with Gasteiger partial charge in [-0.1, -0.05) is 40.0 Å². The van der Waals surface area contributed by atoms with Gasteiger partial charge < -0.3 is 19.0 Å². The van der Waals surface area contributed by atoms with Gasteiger partial charge in [0.05, 0.1) is 27.2 Å². The lowest BCUT2D eigenvalue weighted by Crippen LogP contribution is -2.40. The molecule has 8 nitrogen and oxygen atoms in total. The van der Waals surface area contributed by atoms with Crippen LogP contribution >= 0.6 is 34.8 Å². The van der Waals surface area contributed by atoms with Crippen molar-refractivity contribution in [3.63, 3.8) is 0 Å². The number of nitrogens with one attached hydrogen (secondary N) is 1. The number of hydrogen-bond acceptors (Lipinski definition) is 6. The summed E-state index contributed by atoms with van der Waals surface area (Å²) in [7, 11) is 0. The molecule has 1 fully saturated rings. The number of rotatable bonds is 4. The van der Waals surface area contributed by atoms with Crippen molar-refractivity contribution >= 4 is 46.4 Å². The topological polar surface area (TPSA) is 94.5 Å². The monoisotopic (exact) mass is 545 g/mol. The van der Waals surface area contributed by atoms with Gasteiger partial charge in [-0.05, 0) is 18.6 Å². The van der Waals surface area contributed by atoms with Gasteiger partial charge in [0.15, 0.2) is 5.65 Å². The van der Waals surface area contributed by atoms with Crippen LogP contribution in [0.3, 0.4) is 0 Å².